The molecule has 0 spiro atoms. The number of hydrogen-bond donors (Lipinski definition) is 6. The van der Waals surface area contributed by atoms with Crippen LogP contribution in [0.2, 0.25) is 0 Å². The molecule has 3 unspecified atom stereocenters. The van der Waals surface area contributed by atoms with Gasteiger partial charge in [0.05, 0.1) is 24.4 Å². The van der Waals surface area contributed by atoms with Gasteiger partial charge in [-0.05, 0) is 12.1 Å². The van der Waals surface area contributed by atoms with E-state index in [0.717, 1.165) is 7.11 Å². The standard InChI is InChI=1S/C7H12O5.C6H5NO2.CH4O.CH4/c8-2-5(10)3-1-4(9)7(12)6(3)11;8-6(9)5-2-1-3-7-4-5;1-2;/h3,5-8,10-12H,1-2H2;1-4H,(H,8,9);2H,1H3;1H4/t3?,5-,6?,7?;;;/m0.../s1. The second-order valence-corrected chi connectivity index (χ2v) is 4.57. The number of pyridine rings is 1. The van der Waals surface area contributed by atoms with E-state index < -0.39 is 42.6 Å². The third-order valence-electron chi connectivity index (χ3n) is 3.12. The van der Waals surface area contributed by atoms with Crippen LogP contribution in [0.25, 0.3) is 0 Å². The van der Waals surface area contributed by atoms with Gasteiger partial charge in [-0.15, -0.1) is 0 Å². The smallest absolute Gasteiger partial charge is 0.337 e. The highest BCUT2D eigenvalue weighted by molar-refractivity contribution is 5.87. The zero-order chi connectivity index (χ0) is 18.0. The predicted octanol–water partition coefficient (Wildman–Crippen LogP) is -1.33. The number of Topliss-reactive ketones (excluding diaryl/α,β-unsaturated/α-hetero) is 1. The maximum absolute atomic E-state index is 10.8. The lowest BCUT2D eigenvalue weighted by Gasteiger charge is -2.19. The van der Waals surface area contributed by atoms with E-state index >= 15 is 0 Å². The van der Waals surface area contributed by atoms with Gasteiger partial charge in [-0.1, -0.05) is 7.43 Å². The van der Waals surface area contributed by atoms with Crippen molar-refractivity contribution in [2.45, 2.75) is 32.2 Å². The van der Waals surface area contributed by atoms with Gasteiger partial charge in [0.2, 0.25) is 0 Å². The molecule has 0 radical (unpaired) electrons. The average Bonchev–Trinajstić information content (AvgIpc) is 2.85. The molecule has 0 aromatic carbocycles. The number of carbonyl (C=O) groups is 2. The Kier molecular flexibility index (Phi) is 12.7. The number of aliphatic hydroxyl groups is 5. The zero-order valence-electron chi connectivity index (χ0n) is 12.5. The Balaban J connectivity index is 0. The summed E-state index contributed by atoms with van der Waals surface area (Å²) in [6.07, 6.45) is -1.03. The molecule has 1 aliphatic rings. The molecule has 0 saturated heterocycles. The van der Waals surface area contributed by atoms with E-state index in [1.165, 1.54) is 18.5 Å². The van der Waals surface area contributed by atoms with E-state index in [4.69, 9.17) is 25.5 Å². The van der Waals surface area contributed by atoms with Crippen LogP contribution in [0, 0.1) is 5.92 Å². The minimum atomic E-state index is -1.41. The van der Waals surface area contributed by atoms with Crippen molar-refractivity contribution in [3.8, 4) is 0 Å². The highest BCUT2D eigenvalue weighted by Gasteiger charge is 2.43. The number of hydrogen-bond acceptors (Lipinski definition) is 8. The van der Waals surface area contributed by atoms with Crippen molar-refractivity contribution in [1.29, 1.82) is 0 Å². The summed E-state index contributed by atoms with van der Waals surface area (Å²) in [5, 5.41) is 51.1. The van der Waals surface area contributed by atoms with E-state index in [9.17, 15) is 14.7 Å². The van der Waals surface area contributed by atoms with E-state index in [1.807, 2.05) is 0 Å². The molecular formula is C15H25NO8. The molecule has 4 atom stereocenters. The first-order chi connectivity index (χ1) is 10.9. The van der Waals surface area contributed by atoms with Crippen molar-refractivity contribution in [2.24, 2.45) is 5.92 Å². The topological polar surface area (TPSA) is 168 Å². The number of carboxylic acids is 1. The lowest BCUT2D eigenvalue weighted by molar-refractivity contribution is -0.126. The fourth-order valence-electron chi connectivity index (χ4n) is 1.89. The molecule has 6 N–H and O–H groups in total. The van der Waals surface area contributed by atoms with Crippen LogP contribution in [0.4, 0.5) is 0 Å². The van der Waals surface area contributed by atoms with Crippen LogP contribution in [0.5, 0.6) is 0 Å². The van der Waals surface area contributed by atoms with E-state index in [1.54, 1.807) is 6.07 Å². The summed E-state index contributed by atoms with van der Waals surface area (Å²) in [6, 6.07) is 3.08. The number of carboxylic acid groups (broad SMARTS) is 1. The minimum Gasteiger partial charge on any atom is -0.478 e. The van der Waals surface area contributed by atoms with Crippen LogP contribution in [-0.2, 0) is 4.79 Å². The quantitative estimate of drug-likeness (QED) is 0.388. The molecular weight excluding hydrogens is 322 g/mol. The van der Waals surface area contributed by atoms with Gasteiger partial charge in [-0.25, -0.2) is 4.79 Å². The number of nitrogens with zero attached hydrogens (tertiary/aromatic N) is 1. The number of rotatable bonds is 3. The molecule has 1 aromatic rings. The van der Waals surface area contributed by atoms with Crippen LogP contribution in [0.1, 0.15) is 24.2 Å². The Morgan fingerprint density at radius 3 is 2.25 bits per heavy atom. The minimum absolute atomic E-state index is 0. The van der Waals surface area contributed by atoms with Crippen LogP contribution in [-0.4, -0.2) is 79.4 Å². The van der Waals surface area contributed by atoms with Gasteiger partial charge in [-0.2, -0.15) is 0 Å². The number of aliphatic hydroxyl groups excluding tert-OH is 5. The van der Waals surface area contributed by atoms with Crippen molar-refractivity contribution >= 4 is 11.8 Å². The summed E-state index contributed by atoms with van der Waals surface area (Å²) in [5.74, 6) is -2.17. The molecule has 0 aliphatic heterocycles. The highest BCUT2D eigenvalue weighted by atomic mass is 16.4. The highest BCUT2D eigenvalue weighted by Crippen LogP contribution is 2.26. The first-order valence-electron chi connectivity index (χ1n) is 6.64. The normalized spacial score (nSPS) is 22.9. The number of ketones is 1. The third-order valence-corrected chi connectivity index (χ3v) is 3.12. The average molecular weight is 347 g/mol. The zero-order valence-corrected chi connectivity index (χ0v) is 12.5. The van der Waals surface area contributed by atoms with Crippen molar-refractivity contribution < 1.29 is 40.2 Å². The van der Waals surface area contributed by atoms with E-state index in [0.29, 0.717) is 0 Å². The molecule has 1 saturated carbocycles. The first kappa shape index (κ1) is 24.3. The van der Waals surface area contributed by atoms with E-state index in [-0.39, 0.29) is 19.4 Å². The number of carbonyl (C=O) groups excluding carboxylic acids is 1. The molecule has 1 fully saturated rings. The van der Waals surface area contributed by atoms with Crippen molar-refractivity contribution in [3.63, 3.8) is 0 Å². The van der Waals surface area contributed by atoms with Gasteiger partial charge in [0, 0.05) is 31.8 Å². The van der Waals surface area contributed by atoms with Gasteiger partial charge in [0.25, 0.3) is 0 Å². The molecule has 138 valence electrons. The summed E-state index contributed by atoms with van der Waals surface area (Å²) in [6.45, 7) is -0.512. The molecule has 0 bridgehead atoms. The molecule has 9 heteroatoms. The molecule has 1 aromatic heterocycles. The second kappa shape index (κ2) is 12.5. The summed E-state index contributed by atoms with van der Waals surface area (Å²) >= 11 is 0. The lowest BCUT2D eigenvalue weighted by atomic mass is 9.99. The van der Waals surface area contributed by atoms with Gasteiger partial charge < -0.3 is 30.6 Å². The molecule has 0 amide bonds. The van der Waals surface area contributed by atoms with Crippen LogP contribution < -0.4 is 0 Å². The Hall–Kier alpha value is -1.91. The summed E-state index contributed by atoms with van der Waals surface area (Å²) in [5.41, 5.74) is 0.220. The van der Waals surface area contributed by atoms with Gasteiger partial charge in [0.1, 0.15) is 6.10 Å². The maximum atomic E-state index is 10.8. The molecule has 1 heterocycles. The second-order valence-electron chi connectivity index (χ2n) is 4.57. The number of aromatic carboxylic acids is 1. The number of aromatic nitrogens is 1. The Morgan fingerprint density at radius 2 is 1.96 bits per heavy atom. The van der Waals surface area contributed by atoms with Crippen molar-refractivity contribution in [1.82, 2.24) is 4.98 Å². The van der Waals surface area contributed by atoms with Gasteiger partial charge >= 0.3 is 5.97 Å². The molecule has 1 aliphatic carbocycles. The van der Waals surface area contributed by atoms with Crippen molar-refractivity contribution in [3.05, 3.63) is 30.1 Å². The Morgan fingerprint density at radius 1 is 1.38 bits per heavy atom. The largest absolute Gasteiger partial charge is 0.478 e. The predicted molar refractivity (Wildman–Crippen MR) is 84.3 cm³/mol. The maximum Gasteiger partial charge on any atom is 0.337 e. The fraction of sp³-hybridized carbons (Fsp3) is 0.533. The third kappa shape index (κ3) is 7.11. The Labute approximate surface area is 139 Å². The lowest BCUT2D eigenvalue weighted by Crippen LogP contribution is -2.35. The van der Waals surface area contributed by atoms with Gasteiger partial charge in [0.15, 0.2) is 5.78 Å². The monoisotopic (exact) mass is 347 g/mol. The van der Waals surface area contributed by atoms with Crippen LogP contribution in [0.15, 0.2) is 24.5 Å². The first-order valence-corrected chi connectivity index (χ1v) is 6.64. The van der Waals surface area contributed by atoms with Crippen LogP contribution >= 0.6 is 0 Å². The molecule has 2 rings (SSSR count). The summed E-state index contributed by atoms with van der Waals surface area (Å²) < 4.78 is 0. The van der Waals surface area contributed by atoms with E-state index in [2.05, 4.69) is 4.98 Å². The van der Waals surface area contributed by atoms with Crippen molar-refractivity contribution in [2.75, 3.05) is 13.7 Å². The molecule has 9 nitrogen and oxygen atoms in total. The fourth-order valence-corrected chi connectivity index (χ4v) is 1.89. The molecule has 24 heavy (non-hydrogen) atoms. The summed E-state index contributed by atoms with van der Waals surface area (Å²) in [4.78, 5) is 24.6. The Bertz CT molecular complexity index is 482. The van der Waals surface area contributed by atoms with Crippen LogP contribution in [0.3, 0.4) is 0 Å². The summed E-state index contributed by atoms with van der Waals surface area (Å²) in [7, 11) is 1.00. The van der Waals surface area contributed by atoms with Gasteiger partial charge in [-0.3, -0.25) is 9.78 Å². The SMILES string of the molecule is C.CO.O=C(O)c1cccnc1.O=C1CC([C@@H](O)CO)C(O)C1O.